The van der Waals surface area contributed by atoms with Crippen molar-refractivity contribution in [2.24, 2.45) is 0 Å². The summed E-state index contributed by atoms with van der Waals surface area (Å²) in [6, 6.07) is 0. The molecule has 2 N–H and O–H groups in total. The molecule has 0 aromatic rings. The zero-order valence-corrected chi connectivity index (χ0v) is 8.50. The first-order valence-electron chi connectivity index (χ1n) is 3.13. The lowest BCUT2D eigenvalue weighted by Crippen LogP contribution is -2.32. The van der Waals surface area contributed by atoms with Crippen LogP contribution in [0.3, 0.4) is 0 Å². The van der Waals surface area contributed by atoms with Gasteiger partial charge < -0.3 is 0 Å². The van der Waals surface area contributed by atoms with E-state index in [9.17, 15) is 16.8 Å². The summed E-state index contributed by atoms with van der Waals surface area (Å²) in [4.78, 5) is 0. The predicted octanol–water partition coefficient (Wildman–Crippen LogP) is -1.92. The second-order valence-corrected chi connectivity index (χ2v) is 6.07. The van der Waals surface area contributed by atoms with Gasteiger partial charge in [0.15, 0.2) is 0 Å². The highest BCUT2D eigenvalue weighted by atomic mass is 32.2. The average Bonchev–Trinajstić information content (AvgIpc) is 1.84. The third kappa shape index (κ3) is 6.53. The summed E-state index contributed by atoms with van der Waals surface area (Å²) in [5.41, 5.74) is 0. The smallest absolute Gasteiger partial charge is 0.212 e. The van der Waals surface area contributed by atoms with Gasteiger partial charge in [0.25, 0.3) is 0 Å². The molecule has 0 aromatic heterocycles. The zero-order valence-electron chi connectivity index (χ0n) is 6.86. The molecule has 0 saturated carbocycles. The molecule has 0 saturated heterocycles. The zero-order chi connectivity index (χ0) is 9.83. The van der Waals surface area contributed by atoms with Crippen LogP contribution in [0.5, 0.6) is 0 Å². The summed E-state index contributed by atoms with van der Waals surface area (Å²) in [6.07, 6.45) is 0.971. The van der Waals surface area contributed by atoms with Crippen molar-refractivity contribution < 1.29 is 16.8 Å². The summed E-state index contributed by atoms with van der Waals surface area (Å²) in [5, 5.41) is 0. The highest BCUT2D eigenvalue weighted by molar-refractivity contribution is 7.90. The maximum Gasteiger partial charge on any atom is 0.212 e. The minimum absolute atomic E-state index is 0.109. The van der Waals surface area contributed by atoms with E-state index in [1.165, 1.54) is 7.05 Å². The fraction of sp³-hybridized carbons (Fsp3) is 1.00. The van der Waals surface area contributed by atoms with E-state index in [-0.39, 0.29) is 12.3 Å². The second-order valence-electron chi connectivity index (χ2n) is 2.19. The molecule has 6 nitrogen and oxygen atoms in total. The lowest BCUT2D eigenvalue weighted by Gasteiger charge is -2.02. The van der Waals surface area contributed by atoms with Crippen LogP contribution in [0.2, 0.25) is 0 Å². The fourth-order valence-corrected chi connectivity index (χ4v) is 1.64. The highest BCUT2D eigenvalue weighted by Crippen LogP contribution is 1.81. The summed E-state index contributed by atoms with van der Waals surface area (Å²) < 4.78 is 46.6. The Hall–Kier alpha value is -0.180. The van der Waals surface area contributed by atoms with Crippen molar-refractivity contribution >= 4 is 20.0 Å². The first-order valence-corrected chi connectivity index (χ1v) is 6.67. The van der Waals surface area contributed by atoms with Crippen molar-refractivity contribution in [2.45, 2.75) is 0 Å². The van der Waals surface area contributed by atoms with Crippen molar-refractivity contribution in [1.82, 2.24) is 9.44 Å². The Morgan fingerprint density at radius 1 is 1.17 bits per heavy atom. The first-order chi connectivity index (χ1) is 5.27. The summed E-state index contributed by atoms with van der Waals surface area (Å²) >= 11 is 0. The topological polar surface area (TPSA) is 92.3 Å². The van der Waals surface area contributed by atoms with Crippen LogP contribution in [-0.2, 0) is 20.0 Å². The number of hydrogen-bond acceptors (Lipinski definition) is 4. The fourth-order valence-electron chi connectivity index (χ4n) is 0.463. The Kier molecular flexibility index (Phi) is 4.11. The lowest BCUT2D eigenvalue weighted by molar-refractivity contribution is 0.582. The number of sulfonamides is 2. The minimum Gasteiger partial charge on any atom is -0.218 e. The van der Waals surface area contributed by atoms with E-state index >= 15 is 0 Å². The van der Waals surface area contributed by atoms with Crippen LogP contribution >= 0.6 is 0 Å². The molecule has 0 heterocycles. The first kappa shape index (κ1) is 11.8. The standard InChI is InChI=1S/C4H12N2O4S2/c1-5-12(9,10)4-3-6-11(2,7)8/h5-6H,3-4H2,1-2H3. The predicted molar refractivity (Wildman–Crippen MR) is 45.7 cm³/mol. The maximum atomic E-state index is 10.7. The molecule has 0 aliphatic carbocycles. The van der Waals surface area contributed by atoms with Crippen molar-refractivity contribution in [2.75, 3.05) is 25.6 Å². The molecule has 0 atom stereocenters. The number of nitrogens with one attached hydrogen (secondary N) is 2. The molecule has 0 unspecified atom stereocenters. The Morgan fingerprint density at radius 2 is 1.67 bits per heavy atom. The van der Waals surface area contributed by atoms with Gasteiger partial charge in [-0.2, -0.15) is 0 Å². The Balaban J connectivity index is 3.89. The number of hydrogen-bond donors (Lipinski definition) is 2. The van der Waals surface area contributed by atoms with Gasteiger partial charge in [0, 0.05) is 6.54 Å². The molecule has 8 heteroatoms. The van der Waals surface area contributed by atoms with Crippen LogP contribution in [0.1, 0.15) is 0 Å². The van der Waals surface area contributed by atoms with E-state index in [1.807, 2.05) is 0 Å². The van der Waals surface area contributed by atoms with Gasteiger partial charge in [0.1, 0.15) is 0 Å². The van der Waals surface area contributed by atoms with E-state index < -0.39 is 20.0 Å². The van der Waals surface area contributed by atoms with Crippen LogP contribution in [0.4, 0.5) is 0 Å². The molecule has 0 bridgehead atoms. The van der Waals surface area contributed by atoms with E-state index in [2.05, 4.69) is 9.44 Å². The summed E-state index contributed by atoms with van der Waals surface area (Å²) in [7, 11) is -5.34. The molecule has 0 amide bonds. The van der Waals surface area contributed by atoms with E-state index in [0.29, 0.717) is 0 Å². The highest BCUT2D eigenvalue weighted by Gasteiger charge is 2.07. The molecule has 74 valence electrons. The van der Waals surface area contributed by atoms with Gasteiger partial charge in [0.2, 0.25) is 20.0 Å². The Morgan fingerprint density at radius 3 is 2.00 bits per heavy atom. The van der Waals surface area contributed by atoms with Gasteiger partial charge in [-0.25, -0.2) is 26.3 Å². The third-order valence-electron chi connectivity index (χ3n) is 1.05. The SMILES string of the molecule is CNS(=O)(=O)CCNS(C)(=O)=O. The van der Waals surface area contributed by atoms with Gasteiger partial charge in [-0.1, -0.05) is 0 Å². The molecule has 0 radical (unpaired) electrons. The summed E-state index contributed by atoms with van der Waals surface area (Å²) in [5.74, 6) is -0.253. The van der Waals surface area contributed by atoms with Gasteiger partial charge in [0.05, 0.1) is 12.0 Å². The van der Waals surface area contributed by atoms with E-state index in [0.717, 1.165) is 6.26 Å². The molecule has 0 aliphatic heterocycles. The van der Waals surface area contributed by atoms with Crippen molar-refractivity contribution in [3.8, 4) is 0 Å². The molecular weight excluding hydrogens is 204 g/mol. The largest absolute Gasteiger partial charge is 0.218 e. The molecule has 0 aliphatic rings. The molecular formula is C4H12N2O4S2. The maximum absolute atomic E-state index is 10.7. The van der Waals surface area contributed by atoms with E-state index in [4.69, 9.17) is 0 Å². The van der Waals surface area contributed by atoms with Crippen LogP contribution in [0, 0.1) is 0 Å². The second kappa shape index (κ2) is 4.17. The van der Waals surface area contributed by atoms with Crippen molar-refractivity contribution in [3.63, 3.8) is 0 Å². The van der Waals surface area contributed by atoms with Crippen LogP contribution in [0.15, 0.2) is 0 Å². The molecule has 12 heavy (non-hydrogen) atoms. The van der Waals surface area contributed by atoms with Gasteiger partial charge in [-0.3, -0.25) is 0 Å². The Bertz CT molecular complexity index is 317. The molecule has 0 spiro atoms. The van der Waals surface area contributed by atoms with Crippen LogP contribution in [0.25, 0.3) is 0 Å². The van der Waals surface area contributed by atoms with Crippen LogP contribution < -0.4 is 9.44 Å². The average molecular weight is 216 g/mol. The normalized spacial score (nSPS) is 13.2. The van der Waals surface area contributed by atoms with Gasteiger partial charge >= 0.3 is 0 Å². The third-order valence-corrected chi connectivity index (χ3v) is 3.14. The number of rotatable bonds is 5. The molecule has 0 rings (SSSR count). The monoisotopic (exact) mass is 216 g/mol. The van der Waals surface area contributed by atoms with Gasteiger partial charge in [-0.05, 0) is 7.05 Å². The Labute approximate surface area is 72.5 Å². The van der Waals surface area contributed by atoms with Gasteiger partial charge in [-0.15, -0.1) is 0 Å². The lowest BCUT2D eigenvalue weighted by atomic mass is 10.8. The summed E-state index contributed by atoms with van der Waals surface area (Å²) in [6.45, 7) is -0.109. The quantitative estimate of drug-likeness (QED) is 0.560. The van der Waals surface area contributed by atoms with E-state index in [1.54, 1.807) is 0 Å². The van der Waals surface area contributed by atoms with Crippen LogP contribution in [-0.4, -0.2) is 42.4 Å². The van der Waals surface area contributed by atoms with Crippen molar-refractivity contribution in [3.05, 3.63) is 0 Å². The molecule has 0 aromatic carbocycles. The minimum atomic E-state index is -3.32. The molecule has 0 fully saturated rings. The van der Waals surface area contributed by atoms with Crippen molar-refractivity contribution in [1.29, 1.82) is 0 Å².